The number of aromatic nitrogens is 1. The van der Waals surface area contributed by atoms with Crippen molar-refractivity contribution in [2.75, 3.05) is 7.11 Å². The Labute approximate surface area is 127 Å². The number of ether oxygens (including phenoxy) is 1. The second-order valence-electron chi connectivity index (χ2n) is 4.60. The highest BCUT2D eigenvalue weighted by molar-refractivity contribution is 5.95. The molecular weight excluding hydrogens is 286 g/mol. The number of nitrogens with zero attached hydrogens (tertiary/aromatic N) is 1. The predicted octanol–water partition coefficient (Wildman–Crippen LogP) is 1.12. The van der Waals surface area contributed by atoms with Crippen LogP contribution < -0.4 is 15.4 Å². The number of amides is 2. The number of hydrogen-bond acceptors (Lipinski definition) is 5. The number of rotatable bonds is 6. The second kappa shape index (κ2) is 7.26. The van der Waals surface area contributed by atoms with Gasteiger partial charge in [-0.15, -0.1) is 0 Å². The van der Waals surface area contributed by atoms with E-state index in [9.17, 15) is 9.59 Å². The molecule has 2 aromatic heterocycles. The zero-order valence-corrected chi connectivity index (χ0v) is 12.3. The summed E-state index contributed by atoms with van der Waals surface area (Å²) in [6, 6.07) is 5.96. The highest BCUT2D eigenvalue weighted by Crippen LogP contribution is 2.08. The lowest BCUT2D eigenvalue weighted by Crippen LogP contribution is -2.44. The van der Waals surface area contributed by atoms with E-state index >= 15 is 0 Å². The van der Waals surface area contributed by atoms with E-state index in [4.69, 9.17) is 9.15 Å². The Morgan fingerprint density at radius 3 is 2.91 bits per heavy atom. The quantitative estimate of drug-likeness (QED) is 0.834. The molecule has 0 spiro atoms. The first kappa shape index (κ1) is 15.6. The Morgan fingerprint density at radius 2 is 2.23 bits per heavy atom. The van der Waals surface area contributed by atoms with Crippen LogP contribution in [0.1, 0.15) is 23.0 Å². The van der Waals surface area contributed by atoms with Crippen molar-refractivity contribution in [3.05, 3.63) is 48.0 Å². The lowest BCUT2D eigenvalue weighted by Gasteiger charge is -2.13. The normalized spacial score (nSPS) is 11.5. The molecule has 0 fully saturated rings. The lowest BCUT2D eigenvalue weighted by atomic mass is 10.2. The van der Waals surface area contributed by atoms with Gasteiger partial charge >= 0.3 is 0 Å². The Hall–Kier alpha value is -2.83. The maximum absolute atomic E-state index is 12.0. The fourth-order valence-electron chi connectivity index (χ4n) is 1.76. The largest absolute Gasteiger partial charge is 0.481 e. The Morgan fingerprint density at radius 1 is 1.41 bits per heavy atom. The first-order chi connectivity index (χ1) is 10.6. The van der Waals surface area contributed by atoms with Crippen molar-refractivity contribution in [2.45, 2.75) is 19.5 Å². The summed E-state index contributed by atoms with van der Waals surface area (Å²) in [5, 5.41) is 5.29. The third kappa shape index (κ3) is 4.08. The number of nitrogens with one attached hydrogen (secondary N) is 2. The number of pyridine rings is 1. The highest BCUT2D eigenvalue weighted by Gasteiger charge is 2.17. The summed E-state index contributed by atoms with van der Waals surface area (Å²) < 4.78 is 9.98. The van der Waals surface area contributed by atoms with Gasteiger partial charge in [0.25, 0.3) is 5.91 Å². The minimum absolute atomic E-state index is 0.165. The Kier molecular flexibility index (Phi) is 5.13. The van der Waals surface area contributed by atoms with Crippen LogP contribution in [0.3, 0.4) is 0 Å². The molecule has 0 saturated carbocycles. The fourth-order valence-corrected chi connectivity index (χ4v) is 1.76. The molecule has 0 aliphatic rings. The standard InChI is InChI=1S/C15H17N3O4/c1-10(18-15(20)12-4-3-7-22-12)14(19)17-9-11-5-6-16-13(8-11)21-2/h3-8,10H,9H2,1-2H3,(H,17,19)(H,18,20). The summed E-state index contributed by atoms with van der Waals surface area (Å²) in [5.41, 5.74) is 0.852. The van der Waals surface area contributed by atoms with Crippen molar-refractivity contribution in [1.29, 1.82) is 0 Å². The first-order valence-electron chi connectivity index (χ1n) is 6.71. The molecule has 116 valence electrons. The maximum atomic E-state index is 12.0. The summed E-state index contributed by atoms with van der Waals surface area (Å²) in [7, 11) is 1.52. The topological polar surface area (TPSA) is 93.5 Å². The molecule has 0 aromatic carbocycles. The molecule has 0 saturated heterocycles. The zero-order chi connectivity index (χ0) is 15.9. The third-order valence-electron chi connectivity index (χ3n) is 2.96. The van der Waals surface area contributed by atoms with Crippen LogP contribution in [0.25, 0.3) is 0 Å². The molecule has 0 bridgehead atoms. The number of carbonyl (C=O) groups is 2. The van der Waals surface area contributed by atoms with E-state index in [0.29, 0.717) is 12.4 Å². The summed E-state index contributed by atoms with van der Waals surface area (Å²) in [6.07, 6.45) is 3.00. The van der Waals surface area contributed by atoms with Gasteiger partial charge in [-0.3, -0.25) is 9.59 Å². The van der Waals surface area contributed by atoms with Crippen LogP contribution in [0.15, 0.2) is 41.1 Å². The molecule has 2 N–H and O–H groups in total. The summed E-state index contributed by atoms with van der Waals surface area (Å²) in [5.74, 6) is -0.0849. The Bertz CT molecular complexity index is 640. The molecule has 1 unspecified atom stereocenters. The van der Waals surface area contributed by atoms with Gasteiger partial charge in [0.2, 0.25) is 11.8 Å². The zero-order valence-electron chi connectivity index (χ0n) is 12.3. The number of carbonyl (C=O) groups excluding carboxylic acids is 2. The van der Waals surface area contributed by atoms with Crippen molar-refractivity contribution in [2.24, 2.45) is 0 Å². The molecule has 7 nitrogen and oxygen atoms in total. The van der Waals surface area contributed by atoms with E-state index in [0.717, 1.165) is 5.56 Å². The smallest absolute Gasteiger partial charge is 0.287 e. The number of hydrogen-bond donors (Lipinski definition) is 2. The maximum Gasteiger partial charge on any atom is 0.287 e. The molecule has 0 radical (unpaired) electrons. The van der Waals surface area contributed by atoms with Crippen molar-refractivity contribution in [1.82, 2.24) is 15.6 Å². The second-order valence-corrected chi connectivity index (χ2v) is 4.60. The van der Waals surface area contributed by atoms with Gasteiger partial charge in [0.05, 0.1) is 13.4 Å². The average molecular weight is 303 g/mol. The van der Waals surface area contributed by atoms with Gasteiger partial charge in [0, 0.05) is 18.8 Å². The van der Waals surface area contributed by atoms with Gasteiger partial charge in [-0.2, -0.15) is 0 Å². The van der Waals surface area contributed by atoms with Crippen molar-refractivity contribution < 1.29 is 18.7 Å². The highest BCUT2D eigenvalue weighted by atomic mass is 16.5. The third-order valence-corrected chi connectivity index (χ3v) is 2.96. The minimum Gasteiger partial charge on any atom is -0.481 e. The molecule has 0 aliphatic carbocycles. The van der Waals surface area contributed by atoms with Crippen LogP contribution in [-0.2, 0) is 11.3 Å². The van der Waals surface area contributed by atoms with E-state index in [1.807, 2.05) is 0 Å². The van der Waals surface area contributed by atoms with Gasteiger partial charge in [0.15, 0.2) is 5.76 Å². The molecule has 0 aliphatic heterocycles. The van der Waals surface area contributed by atoms with E-state index in [1.54, 1.807) is 31.3 Å². The molecular formula is C15H17N3O4. The van der Waals surface area contributed by atoms with Gasteiger partial charge in [-0.1, -0.05) is 0 Å². The van der Waals surface area contributed by atoms with E-state index in [2.05, 4.69) is 15.6 Å². The molecule has 2 amide bonds. The number of furan rings is 1. The Balaban J connectivity index is 1.84. The molecule has 2 aromatic rings. The minimum atomic E-state index is -0.679. The van der Waals surface area contributed by atoms with Crippen LogP contribution in [-0.4, -0.2) is 29.9 Å². The monoisotopic (exact) mass is 303 g/mol. The van der Waals surface area contributed by atoms with Crippen LogP contribution in [0.2, 0.25) is 0 Å². The van der Waals surface area contributed by atoms with Gasteiger partial charge in [0.1, 0.15) is 6.04 Å². The molecule has 22 heavy (non-hydrogen) atoms. The van der Waals surface area contributed by atoms with Crippen molar-refractivity contribution in [3.63, 3.8) is 0 Å². The lowest BCUT2D eigenvalue weighted by molar-refractivity contribution is -0.122. The van der Waals surface area contributed by atoms with E-state index < -0.39 is 11.9 Å². The van der Waals surface area contributed by atoms with Crippen LogP contribution in [0, 0.1) is 0 Å². The SMILES string of the molecule is COc1cc(CNC(=O)C(C)NC(=O)c2ccco2)ccn1. The fraction of sp³-hybridized carbons (Fsp3) is 0.267. The summed E-state index contributed by atoms with van der Waals surface area (Å²) in [6.45, 7) is 1.92. The molecule has 7 heteroatoms. The summed E-state index contributed by atoms with van der Waals surface area (Å²) in [4.78, 5) is 27.7. The average Bonchev–Trinajstić information content (AvgIpc) is 3.07. The first-order valence-corrected chi connectivity index (χ1v) is 6.71. The van der Waals surface area contributed by atoms with E-state index in [-0.39, 0.29) is 11.7 Å². The van der Waals surface area contributed by atoms with Gasteiger partial charge in [-0.05, 0) is 30.7 Å². The molecule has 1 atom stereocenters. The molecule has 2 heterocycles. The van der Waals surface area contributed by atoms with Crippen molar-refractivity contribution >= 4 is 11.8 Å². The van der Waals surface area contributed by atoms with Gasteiger partial charge in [-0.25, -0.2) is 4.98 Å². The van der Waals surface area contributed by atoms with Crippen LogP contribution >= 0.6 is 0 Å². The molecule has 2 rings (SSSR count). The van der Waals surface area contributed by atoms with Crippen LogP contribution in [0.5, 0.6) is 5.88 Å². The van der Waals surface area contributed by atoms with Crippen LogP contribution in [0.4, 0.5) is 0 Å². The van der Waals surface area contributed by atoms with Gasteiger partial charge < -0.3 is 19.8 Å². The van der Waals surface area contributed by atoms with Crippen molar-refractivity contribution in [3.8, 4) is 5.88 Å². The number of methoxy groups -OCH3 is 1. The predicted molar refractivity (Wildman–Crippen MR) is 78.3 cm³/mol. The van der Waals surface area contributed by atoms with E-state index in [1.165, 1.54) is 19.4 Å². The summed E-state index contributed by atoms with van der Waals surface area (Å²) >= 11 is 0.